The Morgan fingerprint density at radius 1 is 1.10 bits per heavy atom. The topological polar surface area (TPSA) is 99.4 Å². The summed E-state index contributed by atoms with van der Waals surface area (Å²) in [6, 6.07) is 7.03. The van der Waals surface area contributed by atoms with E-state index in [0.29, 0.717) is 10.6 Å². The maximum Gasteiger partial charge on any atom is 0.187 e. The van der Waals surface area contributed by atoms with E-state index in [2.05, 4.69) is 0 Å². The van der Waals surface area contributed by atoms with Gasteiger partial charge in [-0.15, -0.1) is 0 Å². The molecule has 5 atom stereocenters. The lowest BCUT2D eigenvalue weighted by molar-refractivity contribution is -0.304. The van der Waals surface area contributed by atoms with E-state index < -0.39 is 37.3 Å². The first kappa shape index (κ1) is 15.7. The molecule has 0 aliphatic carbocycles. The number of halogens is 1. The molecule has 112 valence electrons. The summed E-state index contributed by atoms with van der Waals surface area (Å²) in [5.41, 5.74) is 0.700. The normalized spacial score (nSPS) is 34.1. The van der Waals surface area contributed by atoms with Crippen LogP contribution < -0.4 is 0 Å². The molecule has 1 aliphatic heterocycles. The van der Waals surface area contributed by atoms with Gasteiger partial charge in [0.25, 0.3) is 0 Å². The number of aliphatic hydroxyl groups excluding tert-OH is 4. The van der Waals surface area contributed by atoms with Gasteiger partial charge in [0, 0.05) is 5.02 Å². The van der Waals surface area contributed by atoms with E-state index in [9.17, 15) is 15.3 Å². The smallest absolute Gasteiger partial charge is 0.187 e. The Balaban J connectivity index is 2.00. The van der Waals surface area contributed by atoms with Crippen LogP contribution in [0.25, 0.3) is 0 Å². The van der Waals surface area contributed by atoms with Crippen molar-refractivity contribution in [3.8, 4) is 0 Å². The summed E-state index contributed by atoms with van der Waals surface area (Å²) < 4.78 is 10.6. The first-order valence-electron chi connectivity index (χ1n) is 6.20. The van der Waals surface area contributed by atoms with E-state index in [1.165, 1.54) is 0 Å². The second-order valence-corrected chi connectivity index (χ2v) is 5.01. The molecular formula is C13H17ClO6. The fourth-order valence-corrected chi connectivity index (χ4v) is 2.18. The minimum Gasteiger partial charge on any atom is -0.394 e. The molecule has 1 saturated heterocycles. The van der Waals surface area contributed by atoms with E-state index in [1.807, 2.05) is 0 Å². The Hall–Kier alpha value is -0.730. The van der Waals surface area contributed by atoms with E-state index in [0.717, 1.165) is 0 Å². The van der Waals surface area contributed by atoms with Crippen molar-refractivity contribution in [2.45, 2.75) is 37.3 Å². The molecule has 0 amide bonds. The average molecular weight is 305 g/mol. The highest BCUT2D eigenvalue weighted by molar-refractivity contribution is 6.31. The lowest BCUT2D eigenvalue weighted by atomic mass is 9.99. The van der Waals surface area contributed by atoms with E-state index in [4.69, 9.17) is 26.2 Å². The average Bonchev–Trinajstić information content (AvgIpc) is 2.46. The number of hydrogen-bond donors (Lipinski definition) is 4. The number of benzene rings is 1. The molecule has 0 bridgehead atoms. The zero-order valence-electron chi connectivity index (χ0n) is 10.6. The Morgan fingerprint density at radius 2 is 1.80 bits per heavy atom. The van der Waals surface area contributed by atoms with Crippen molar-refractivity contribution in [3.05, 3.63) is 34.9 Å². The van der Waals surface area contributed by atoms with Gasteiger partial charge in [0.05, 0.1) is 13.2 Å². The third-order valence-corrected chi connectivity index (χ3v) is 3.58. The molecule has 0 radical (unpaired) electrons. The quantitative estimate of drug-likeness (QED) is 0.607. The SMILES string of the molecule is OC[C@H]1OC(OCc2ccccc2Cl)[C@H](O)[C@@H](O)[C@@H]1O. The van der Waals surface area contributed by atoms with Gasteiger partial charge in [0.1, 0.15) is 24.4 Å². The maximum atomic E-state index is 9.79. The zero-order chi connectivity index (χ0) is 14.7. The van der Waals surface area contributed by atoms with Crippen molar-refractivity contribution < 1.29 is 29.9 Å². The summed E-state index contributed by atoms with van der Waals surface area (Å²) in [5, 5.41) is 38.6. The van der Waals surface area contributed by atoms with Gasteiger partial charge >= 0.3 is 0 Å². The molecule has 4 N–H and O–H groups in total. The second-order valence-electron chi connectivity index (χ2n) is 4.60. The maximum absolute atomic E-state index is 9.79. The minimum absolute atomic E-state index is 0.0718. The van der Waals surface area contributed by atoms with Gasteiger partial charge in [0.2, 0.25) is 0 Å². The molecule has 20 heavy (non-hydrogen) atoms. The van der Waals surface area contributed by atoms with Crippen LogP contribution in [0.3, 0.4) is 0 Å². The van der Waals surface area contributed by atoms with Gasteiger partial charge in [-0.05, 0) is 11.6 Å². The fourth-order valence-electron chi connectivity index (χ4n) is 1.99. The third kappa shape index (κ3) is 3.29. The summed E-state index contributed by atoms with van der Waals surface area (Å²) in [4.78, 5) is 0. The van der Waals surface area contributed by atoms with Crippen LogP contribution >= 0.6 is 11.6 Å². The zero-order valence-corrected chi connectivity index (χ0v) is 11.3. The summed E-state index contributed by atoms with van der Waals surface area (Å²) in [6.07, 6.45) is -6.38. The summed E-state index contributed by atoms with van der Waals surface area (Å²) in [7, 11) is 0. The molecule has 0 spiro atoms. The molecule has 6 nitrogen and oxygen atoms in total. The van der Waals surface area contributed by atoms with Gasteiger partial charge in [-0.1, -0.05) is 29.8 Å². The van der Waals surface area contributed by atoms with E-state index >= 15 is 0 Å². The molecule has 1 aromatic rings. The molecule has 7 heteroatoms. The number of hydrogen-bond acceptors (Lipinski definition) is 6. The van der Waals surface area contributed by atoms with Crippen molar-refractivity contribution in [1.82, 2.24) is 0 Å². The van der Waals surface area contributed by atoms with Crippen LogP contribution in [-0.4, -0.2) is 57.7 Å². The first-order chi connectivity index (χ1) is 9.54. The standard InChI is InChI=1S/C13H17ClO6/c14-8-4-2-1-3-7(8)6-19-13-12(18)11(17)10(16)9(5-15)20-13/h1-4,9-13,15-18H,5-6H2/t9-,10-,11+,12-,13?/m1/s1. The number of aliphatic hydroxyl groups is 4. The fraction of sp³-hybridized carbons (Fsp3) is 0.538. The second kappa shape index (κ2) is 6.82. The number of ether oxygens (including phenoxy) is 2. The molecule has 0 aromatic heterocycles. The molecule has 1 fully saturated rings. The van der Waals surface area contributed by atoms with Gasteiger partial charge in [-0.3, -0.25) is 0 Å². The van der Waals surface area contributed by atoms with E-state index in [-0.39, 0.29) is 6.61 Å². The largest absolute Gasteiger partial charge is 0.394 e. The van der Waals surface area contributed by atoms with Gasteiger partial charge in [0.15, 0.2) is 6.29 Å². The van der Waals surface area contributed by atoms with Crippen LogP contribution in [0, 0.1) is 0 Å². The Labute approximate surface area is 121 Å². The summed E-state index contributed by atoms with van der Waals surface area (Å²) in [5.74, 6) is 0. The van der Waals surface area contributed by atoms with Crippen molar-refractivity contribution >= 4 is 11.6 Å². The molecule has 1 aromatic carbocycles. The molecule has 1 unspecified atom stereocenters. The van der Waals surface area contributed by atoms with Crippen LogP contribution in [0.2, 0.25) is 5.02 Å². The summed E-state index contributed by atoms with van der Waals surface area (Å²) in [6.45, 7) is -0.417. The number of rotatable bonds is 4. The first-order valence-corrected chi connectivity index (χ1v) is 6.58. The highest BCUT2D eigenvalue weighted by Gasteiger charge is 2.43. The third-order valence-electron chi connectivity index (χ3n) is 3.21. The van der Waals surface area contributed by atoms with Crippen LogP contribution in [0.15, 0.2) is 24.3 Å². The van der Waals surface area contributed by atoms with Crippen LogP contribution in [0.1, 0.15) is 5.56 Å². The molecule has 0 saturated carbocycles. The lowest BCUT2D eigenvalue weighted by Gasteiger charge is -2.39. The molecule has 1 heterocycles. The van der Waals surface area contributed by atoms with Crippen molar-refractivity contribution in [2.24, 2.45) is 0 Å². The molecular weight excluding hydrogens is 288 g/mol. The minimum atomic E-state index is -1.45. The molecule has 1 aliphatic rings. The summed E-state index contributed by atoms with van der Waals surface area (Å²) >= 11 is 5.97. The monoisotopic (exact) mass is 304 g/mol. The van der Waals surface area contributed by atoms with Crippen molar-refractivity contribution in [1.29, 1.82) is 0 Å². The van der Waals surface area contributed by atoms with Crippen LogP contribution in [-0.2, 0) is 16.1 Å². The van der Waals surface area contributed by atoms with Gasteiger partial charge in [-0.25, -0.2) is 0 Å². The highest BCUT2D eigenvalue weighted by atomic mass is 35.5. The predicted molar refractivity (Wildman–Crippen MR) is 70.0 cm³/mol. The van der Waals surface area contributed by atoms with Crippen molar-refractivity contribution in [3.63, 3.8) is 0 Å². The van der Waals surface area contributed by atoms with Gasteiger partial charge < -0.3 is 29.9 Å². The van der Waals surface area contributed by atoms with Crippen molar-refractivity contribution in [2.75, 3.05) is 6.61 Å². The van der Waals surface area contributed by atoms with Gasteiger partial charge in [-0.2, -0.15) is 0 Å². The Bertz CT molecular complexity index is 441. The Morgan fingerprint density at radius 3 is 2.45 bits per heavy atom. The Kier molecular flexibility index (Phi) is 5.34. The predicted octanol–water partition coefficient (Wildman–Crippen LogP) is -0.343. The van der Waals surface area contributed by atoms with E-state index in [1.54, 1.807) is 24.3 Å². The van der Waals surface area contributed by atoms with Crippen LogP contribution in [0.4, 0.5) is 0 Å². The van der Waals surface area contributed by atoms with Crippen LogP contribution in [0.5, 0.6) is 0 Å². The molecule has 2 rings (SSSR count). The lowest BCUT2D eigenvalue weighted by Crippen LogP contribution is -2.59. The highest BCUT2D eigenvalue weighted by Crippen LogP contribution is 2.24.